The normalized spacial score (nSPS) is 19.8. The number of carbonyl (C=O) groups is 3. The van der Waals surface area contributed by atoms with Crippen LogP contribution in [0.1, 0.15) is 51.5 Å². The van der Waals surface area contributed by atoms with E-state index in [0.717, 1.165) is 18.4 Å². The average Bonchev–Trinajstić information content (AvgIpc) is 3.59. The Hall–Kier alpha value is -2.46. The first kappa shape index (κ1) is 25.2. The number of rotatable bonds is 10. The Kier molecular flexibility index (Phi) is 8.12. The summed E-state index contributed by atoms with van der Waals surface area (Å²) in [5.41, 5.74) is 6.20. The fraction of sp³-hybridized carbons (Fsp3) is 0.609. The second-order valence-electron chi connectivity index (χ2n) is 9.22. The van der Waals surface area contributed by atoms with E-state index in [-0.39, 0.29) is 41.6 Å². The zero-order chi connectivity index (χ0) is 24.2. The number of hydrogen-bond donors (Lipinski definition) is 2. The lowest BCUT2D eigenvalue weighted by atomic mass is 9.96. The van der Waals surface area contributed by atoms with E-state index in [9.17, 15) is 22.8 Å². The molecule has 1 aliphatic carbocycles. The monoisotopic (exact) mass is 479 g/mol. The van der Waals surface area contributed by atoms with Gasteiger partial charge in [0, 0.05) is 25.6 Å². The van der Waals surface area contributed by atoms with Crippen molar-refractivity contribution in [3.05, 3.63) is 29.8 Å². The number of aryl methyl sites for hydroxylation is 1. The molecule has 2 fully saturated rings. The summed E-state index contributed by atoms with van der Waals surface area (Å²) in [7, 11) is -3.51. The number of primary amides is 1. The van der Waals surface area contributed by atoms with E-state index in [2.05, 4.69) is 4.72 Å². The van der Waals surface area contributed by atoms with E-state index in [1.807, 2.05) is 0 Å². The SMILES string of the molecule is CC(C)C(OC(=O)CCc1ccc(S(=O)(=O)NC2CC2)cc1)C(=O)N1CCCC(C(N)=O)C1. The van der Waals surface area contributed by atoms with Gasteiger partial charge in [-0.1, -0.05) is 26.0 Å². The highest BCUT2D eigenvalue weighted by Gasteiger charge is 2.34. The third-order valence-corrected chi connectivity index (χ3v) is 7.53. The van der Waals surface area contributed by atoms with Crippen molar-refractivity contribution >= 4 is 27.8 Å². The number of nitrogens with one attached hydrogen (secondary N) is 1. The summed E-state index contributed by atoms with van der Waals surface area (Å²) < 4.78 is 32.7. The number of sulfonamides is 1. The standard InChI is InChI=1S/C23H33N3O6S/c1-15(2)21(23(29)26-13-3-4-17(14-26)22(24)28)32-20(27)12-7-16-5-10-19(11-6-16)33(30,31)25-18-8-9-18/h5-6,10-11,15,17-18,21,25H,3-4,7-9,12-14H2,1-2H3,(H2,24,28). The van der Waals surface area contributed by atoms with E-state index < -0.39 is 28.0 Å². The van der Waals surface area contributed by atoms with Gasteiger partial charge in [-0.25, -0.2) is 13.1 Å². The molecule has 2 unspecified atom stereocenters. The van der Waals surface area contributed by atoms with Gasteiger partial charge in [0.2, 0.25) is 15.9 Å². The van der Waals surface area contributed by atoms with Gasteiger partial charge in [-0.3, -0.25) is 14.4 Å². The van der Waals surface area contributed by atoms with Gasteiger partial charge in [0.15, 0.2) is 6.10 Å². The minimum Gasteiger partial charge on any atom is -0.452 e. The largest absolute Gasteiger partial charge is 0.452 e. The van der Waals surface area contributed by atoms with Crippen LogP contribution in [0.5, 0.6) is 0 Å². The smallest absolute Gasteiger partial charge is 0.306 e. The van der Waals surface area contributed by atoms with Gasteiger partial charge in [0.05, 0.1) is 10.8 Å². The van der Waals surface area contributed by atoms with Gasteiger partial charge >= 0.3 is 5.97 Å². The Labute approximate surface area is 195 Å². The highest BCUT2D eigenvalue weighted by atomic mass is 32.2. The summed E-state index contributed by atoms with van der Waals surface area (Å²) in [5.74, 6) is -1.83. The Morgan fingerprint density at radius 2 is 1.82 bits per heavy atom. The third kappa shape index (κ3) is 7.01. The molecule has 10 heteroatoms. The zero-order valence-electron chi connectivity index (χ0n) is 19.2. The number of likely N-dealkylation sites (tertiary alicyclic amines) is 1. The van der Waals surface area contributed by atoms with Gasteiger partial charge in [-0.15, -0.1) is 0 Å². The topological polar surface area (TPSA) is 136 Å². The van der Waals surface area contributed by atoms with Crippen LogP contribution >= 0.6 is 0 Å². The van der Waals surface area contributed by atoms with Gasteiger partial charge in [0.1, 0.15) is 0 Å². The minimum atomic E-state index is -3.51. The van der Waals surface area contributed by atoms with E-state index >= 15 is 0 Å². The van der Waals surface area contributed by atoms with Crippen molar-refractivity contribution in [2.75, 3.05) is 13.1 Å². The number of ether oxygens (including phenoxy) is 1. The molecule has 0 radical (unpaired) electrons. The number of esters is 1. The number of hydrogen-bond acceptors (Lipinski definition) is 6. The number of carbonyl (C=O) groups excluding carboxylic acids is 3. The van der Waals surface area contributed by atoms with Crippen LogP contribution in [-0.4, -0.2) is 56.3 Å². The second kappa shape index (κ2) is 10.6. The van der Waals surface area contributed by atoms with E-state index in [0.29, 0.717) is 25.8 Å². The molecule has 2 amide bonds. The first-order chi connectivity index (χ1) is 15.6. The molecular formula is C23H33N3O6S. The van der Waals surface area contributed by atoms with E-state index in [4.69, 9.17) is 10.5 Å². The molecule has 0 spiro atoms. The Balaban J connectivity index is 1.53. The summed E-state index contributed by atoms with van der Waals surface area (Å²) >= 11 is 0. The highest BCUT2D eigenvalue weighted by molar-refractivity contribution is 7.89. The molecule has 3 N–H and O–H groups in total. The van der Waals surface area contributed by atoms with E-state index in [1.165, 1.54) is 12.1 Å². The highest BCUT2D eigenvalue weighted by Crippen LogP contribution is 2.23. The quantitative estimate of drug-likeness (QED) is 0.486. The van der Waals surface area contributed by atoms with Crippen LogP contribution in [0.25, 0.3) is 0 Å². The molecule has 2 aliphatic rings. The third-order valence-electron chi connectivity index (χ3n) is 5.99. The predicted molar refractivity (Wildman–Crippen MR) is 121 cm³/mol. The van der Waals surface area contributed by atoms with Crippen LogP contribution < -0.4 is 10.5 Å². The van der Waals surface area contributed by atoms with Crippen molar-refractivity contribution in [1.29, 1.82) is 0 Å². The molecule has 33 heavy (non-hydrogen) atoms. The van der Waals surface area contributed by atoms with Gasteiger partial charge < -0.3 is 15.4 Å². The van der Waals surface area contributed by atoms with Crippen LogP contribution in [0, 0.1) is 11.8 Å². The molecule has 1 aromatic carbocycles. The summed E-state index contributed by atoms with van der Waals surface area (Å²) in [5, 5.41) is 0. The predicted octanol–water partition coefficient (Wildman–Crippen LogP) is 1.35. The molecule has 0 aromatic heterocycles. The lowest BCUT2D eigenvalue weighted by Crippen LogP contribution is -2.50. The molecule has 3 rings (SSSR count). The van der Waals surface area contributed by atoms with Crippen LogP contribution in [-0.2, 0) is 35.6 Å². The Morgan fingerprint density at radius 1 is 1.15 bits per heavy atom. The maximum absolute atomic E-state index is 13.0. The summed E-state index contributed by atoms with van der Waals surface area (Å²) in [6.07, 6.45) is 2.56. The van der Waals surface area contributed by atoms with Gasteiger partial charge in [0.25, 0.3) is 5.91 Å². The maximum Gasteiger partial charge on any atom is 0.306 e. The van der Waals surface area contributed by atoms with Crippen molar-refractivity contribution in [2.24, 2.45) is 17.6 Å². The molecule has 1 aromatic rings. The maximum atomic E-state index is 13.0. The molecule has 182 valence electrons. The van der Waals surface area contributed by atoms with Crippen molar-refractivity contribution in [2.45, 2.75) is 69.4 Å². The van der Waals surface area contributed by atoms with Gasteiger partial charge in [-0.2, -0.15) is 0 Å². The molecule has 2 atom stereocenters. The van der Waals surface area contributed by atoms with Crippen LogP contribution in [0.4, 0.5) is 0 Å². The Bertz CT molecular complexity index is 972. The summed E-state index contributed by atoms with van der Waals surface area (Å²) in [6.45, 7) is 4.37. The summed E-state index contributed by atoms with van der Waals surface area (Å²) in [6, 6.07) is 6.44. The van der Waals surface area contributed by atoms with Crippen LogP contribution in [0.2, 0.25) is 0 Å². The van der Waals surface area contributed by atoms with Crippen molar-refractivity contribution < 1.29 is 27.5 Å². The van der Waals surface area contributed by atoms with E-state index in [1.54, 1.807) is 30.9 Å². The first-order valence-corrected chi connectivity index (χ1v) is 12.9. The fourth-order valence-corrected chi connectivity index (χ4v) is 5.14. The molecule has 0 bridgehead atoms. The number of amides is 2. The molecule has 1 saturated heterocycles. The average molecular weight is 480 g/mol. The lowest BCUT2D eigenvalue weighted by molar-refractivity contribution is -0.164. The lowest BCUT2D eigenvalue weighted by Gasteiger charge is -2.34. The van der Waals surface area contributed by atoms with Crippen molar-refractivity contribution in [1.82, 2.24) is 9.62 Å². The molecule has 1 aliphatic heterocycles. The van der Waals surface area contributed by atoms with Crippen molar-refractivity contribution in [3.63, 3.8) is 0 Å². The number of nitrogens with zero attached hydrogens (tertiary/aromatic N) is 1. The second-order valence-corrected chi connectivity index (χ2v) is 10.9. The first-order valence-electron chi connectivity index (χ1n) is 11.5. The number of piperidine rings is 1. The van der Waals surface area contributed by atoms with Crippen LogP contribution in [0.15, 0.2) is 29.2 Å². The number of benzene rings is 1. The van der Waals surface area contributed by atoms with Crippen LogP contribution in [0.3, 0.4) is 0 Å². The molecule has 1 saturated carbocycles. The van der Waals surface area contributed by atoms with Crippen molar-refractivity contribution in [3.8, 4) is 0 Å². The minimum absolute atomic E-state index is 0.0349. The molecule has 9 nitrogen and oxygen atoms in total. The molecular weight excluding hydrogens is 446 g/mol. The summed E-state index contributed by atoms with van der Waals surface area (Å²) in [4.78, 5) is 38.7. The Morgan fingerprint density at radius 3 is 2.39 bits per heavy atom. The fourth-order valence-electron chi connectivity index (χ4n) is 3.83. The van der Waals surface area contributed by atoms with Gasteiger partial charge in [-0.05, 0) is 55.7 Å². The zero-order valence-corrected chi connectivity index (χ0v) is 20.0. The number of nitrogens with two attached hydrogens (primary N) is 1. The molecule has 1 heterocycles.